The van der Waals surface area contributed by atoms with E-state index in [1.807, 2.05) is 0 Å². The Labute approximate surface area is 126 Å². The van der Waals surface area contributed by atoms with Crippen LogP contribution in [0.25, 0.3) is 0 Å². The summed E-state index contributed by atoms with van der Waals surface area (Å²) >= 11 is 3.18. The fraction of sp³-hybridized carbons (Fsp3) is 0.600. The van der Waals surface area contributed by atoms with E-state index >= 15 is 0 Å². The van der Waals surface area contributed by atoms with Gasteiger partial charge in [0.15, 0.2) is 0 Å². The third-order valence-corrected chi connectivity index (χ3v) is 4.87. The molecule has 1 N–H and O–H groups in total. The van der Waals surface area contributed by atoms with E-state index in [0.29, 0.717) is 10.4 Å². The quantitative estimate of drug-likeness (QED) is 0.841. The van der Waals surface area contributed by atoms with Crippen molar-refractivity contribution in [3.05, 3.63) is 33.8 Å². The van der Waals surface area contributed by atoms with Crippen molar-refractivity contribution in [2.45, 2.75) is 25.3 Å². The number of nitrogens with one attached hydrogen (secondary N) is 1. The van der Waals surface area contributed by atoms with Crippen LogP contribution in [0.2, 0.25) is 0 Å². The van der Waals surface area contributed by atoms with Gasteiger partial charge in [0.25, 0.3) is 0 Å². The lowest BCUT2D eigenvalue weighted by Crippen LogP contribution is -2.45. The number of piperazine rings is 1. The van der Waals surface area contributed by atoms with Crippen molar-refractivity contribution in [1.29, 1.82) is 0 Å². The van der Waals surface area contributed by atoms with Crippen LogP contribution in [0.15, 0.2) is 16.6 Å². The first-order chi connectivity index (χ1) is 9.66. The molecule has 2 nitrogen and oxygen atoms in total. The van der Waals surface area contributed by atoms with Gasteiger partial charge in [0.05, 0.1) is 4.47 Å². The van der Waals surface area contributed by atoms with E-state index in [9.17, 15) is 8.78 Å². The van der Waals surface area contributed by atoms with E-state index < -0.39 is 11.6 Å². The van der Waals surface area contributed by atoms with E-state index in [1.165, 1.54) is 25.0 Å². The fourth-order valence-electron chi connectivity index (χ4n) is 2.96. The highest BCUT2D eigenvalue weighted by atomic mass is 79.9. The van der Waals surface area contributed by atoms with Gasteiger partial charge in [0, 0.05) is 37.8 Å². The summed E-state index contributed by atoms with van der Waals surface area (Å²) in [5.74, 6) is -0.225. The molecule has 0 spiro atoms. The van der Waals surface area contributed by atoms with Gasteiger partial charge in [-0.3, -0.25) is 4.90 Å². The maximum absolute atomic E-state index is 14.4. The average molecular weight is 345 g/mol. The summed E-state index contributed by atoms with van der Waals surface area (Å²) in [5, 5.41) is 3.29. The van der Waals surface area contributed by atoms with Gasteiger partial charge in [0.2, 0.25) is 0 Å². The van der Waals surface area contributed by atoms with Crippen molar-refractivity contribution in [3.63, 3.8) is 0 Å². The Morgan fingerprint density at radius 2 is 1.95 bits per heavy atom. The van der Waals surface area contributed by atoms with E-state index in [1.54, 1.807) is 0 Å². The first kappa shape index (κ1) is 14.4. The highest BCUT2D eigenvalue weighted by Gasteiger charge is 2.33. The molecular weight excluding hydrogens is 326 g/mol. The molecule has 2 fully saturated rings. The van der Waals surface area contributed by atoms with Crippen LogP contribution in [-0.2, 0) is 0 Å². The van der Waals surface area contributed by atoms with Crippen molar-refractivity contribution < 1.29 is 8.78 Å². The van der Waals surface area contributed by atoms with Crippen molar-refractivity contribution in [1.82, 2.24) is 10.2 Å². The molecule has 1 atom stereocenters. The smallest absolute Gasteiger partial charge is 0.145 e. The van der Waals surface area contributed by atoms with E-state index in [0.717, 1.165) is 32.6 Å². The summed E-state index contributed by atoms with van der Waals surface area (Å²) < 4.78 is 29.0. The molecule has 5 heteroatoms. The Morgan fingerprint density at radius 3 is 2.60 bits per heavy atom. The number of halogens is 3. The molecule has 0 unspecified atom stereocenters. The fourth-order valence-corrected chi connectivity index (χ4v) is 3.31. The van der Waals surface area contributed by atoms with E-state index in [-0.39, 0.29) is 11.6 Å². The van der Waals surface area contributed by atoms with Gasteiger partial charge in [-0.15, -0.1) is 0 Å². The normalized spacial score (nSPS) is 21.9. The van der Waals surface area contributed by atoms with Crippen LogP contribution in [-0.4, -0.2) is 31.1 Å². The Kier molecular flexibility index (Phi) is 4.38. The van der Waals surface area contributed by atoms with Crippen LogP contribution in [0.5, 0.6) is 0 Å². The molecule has 2 aliphatic rings. The molecule has 0 amide bonds. The second kappa shape index (κ2) is 6.08. The zero-order valence-corrected chi connectivity index (χ0v) is 12.9. The maximum Gasteiger partial charge on any atom is 0.145 e. The number of hydrogen-bond donors (Lipinski definition) is 1. The van der Waals surface area contributed by atoms with Crippen molar-refractivity contribution in [2.24, 2.45) is 5.92 Å². The van der Waals surface area contributed by atoms with Crippen LogP contribution in [0.1, 0.15) is 30.9 Å². The molecule has 0 aromatic heterocycles. The SMILES string of the molecule is Fc1ccc(Br)c(F)c1[C@H](CC1CC1)N1CCNCC1. The third kappa shape index (κ3) is 3.05. The summed E-state index contributed by atoms with van der Waals surface area (Å²) in [7, 11) is 0. The van der Waals surface area contributed by atoms with Crippen LogP contribution in [0.4, 0.5) is 8.78 Å². The standard InChI is InChI=1S/C15H19BrF2N2/c16-11-3-4-12(17)14(15(11)18)13(9-10-1-2-10)20-7-5-19-6-8-20/h3-4,10,13,19H,1-2,5-9H2/t13-/m0/s1. The van der Waals surface area contributed by atoms with Gasteiger partial charge in [0.1, 0.15) is 11.6 Å². The second-order valence-corrected chi connectivity index (χ2v) is 6.59. The number of hydrogen-bond acceptors (Lipinski definition) is 2. The Balaban J connectivity index is 1.93. The molecule has 110 valence electrons. The van der Waals surface area contributed by atoms with Gasteiger partial charge in [-0.2, -0.15) is 0 Å². The van der Waals surface area contributed by atoms with Crippen LogP contribution in [0.3, 0.4) is 0 Å². The summed E-state index contributed by atoms with van der Waals surface area (Å²) in [5.41, 5.74) is 0.244. The summed E-state index contributed by atoms with van der Waals surface area (Å²) in [6.07, 6.45) is 3.25. The van der Waals surface area contributed by atoms with Gasteiger partial charge in [-0.1, -0.05) is 12.8 Å². The van der Waals surface area contributed by atoms with Crippen molar-refractivity contribution in [3.8, 4) is 0 Å². The van der Waals surface area contributed by atoms with Gasteiger partial charge in [-0.05, 0) is 40.4 Å². The monoisotopic (exact) mass is 344 g/mol. The minimum atomic E-state index is -0.436. The molecule has 1 aromatic rings. The highest BCUT2D eigenvalue weighted by molar-refractivity contribution is 9.10. The largest absolute Gasteiger partial charge is 0.314 e. The summed E-state index contributed by atoms with van der Waals surface area (Å²) in [6, 6.07) is 2.67. The first-order valence-electron chi connectivity index (χ1n) is 7.25. The van der Waals surface area contributed by atoms with Gasteiger partial charge >= 0.3 is 0 Å². The molecule has 1 heterocycles. The topological polar surface area (TPSA) is 15.3 Å². The zero-order chi connectivity index (χ0) is 14.1. The Hall–Kier alpha value is -0.520. The molecule has 0 bridgehead atoms. The molecule has 3 rings (SSSR count). The lowest BCUT2D eigenvalue weighted by atomic mass is 9.97. The highest BCUT2D eigenvalue weighted by Crippen LogP contribution is 2.42. The zero-order valence-electron chi connectivity index (χ0n) is 11.3. The van der Waals surface area contributed by atoms with Crippen molar-refractivity contribution >= 4 is 15.9 Å². The first-order valence-corrected chi connectivity index (χ1v) is 8.04. The predicted molar refractivity (Wildman–Crippen MR) is 78.6 cm³/mol. The third-order valence-electron chi connectivity index (χ3n) is 4.26. The van der Waals surface area contributed by atoms with E-state index in [2.05, 4.69) is 26.1 Å². The average Bonchev–Trinajstić information content (AvgIpc) is 3.27. The lowest BCUT2D eigenvalue weighted by Gasteiger charge is -2.35. The van der Waals surface area contributed by atoms with Gasteiger partial charge in [-0.25, -0.2) is 8.78 Å². The summed E-state index contributed by atoms with van der Waals surface area (Å²) in [6.45, 7) is 3.47. The molecule has 1 aliphatic carbocycles. The molecule has 1 aromatic carbocycles. The molecule has 1 aliphatic heterocycles. The van der Waals surface area contributed by atoms with E-state index in [4.69, 9.17) is 0 Å². The molecule has 1 saturated heterocycles. The molecule has 0 radical (unpaired) electrons. The Morgan fingerprint density at radius 1 is 1.25 bits per heavy atom. The van der Waals surface area contributed by atoms with Crippen LogP contribution in [0, 0.1) is 17.6 Å². The predicted octanol–water partition coefficient (Wildman–Crippen LogP) is 3.47. The van der Waals surface area contributed by atoms with Crippen molar-refractivity contribution in [2.75, 3.05) is 26.2 Å². The molecular formula is C15H19BrF2N2. The Bertz CT molecular complexity index is 485. The number of benzene rings is 1. The lowest BCUT2D eigenvalue weighted by molar-refractivity contribution is 0.154. The maximum atomic E-state index is 14.4. The van der Waals surface area contributed by atoms with Gasteiger partial charge < -0.3 is 5.32 Å². The minimum absolute atomic E-state index is 0.137. The number of nitrogens with zero attached hydrogens (tertiary/aromatic N) is 1. The second-order valence-electron chi connectivity index (χ2n) is 5.74. The van der Waals surface area contributed by atoms with Crippen LogP contribution >= 0.6 is 15.9 Å². The van der Waals surface area contributed by atoms with Crippen LogP contribution < -0.4 is 5.32 Å². The molecule has 1 saturated carbocycles. The summed E-state index contributed by atoms with van der Waals surface area (Å²) in [4.78, 5) is 2.22. The minimum Gasteiger partial charge on any atom is -0.314 e. The molecule has 20 heavy (non-hydrogen) atoms. The number of rotatable bonds is 4.